The van der Waals surface area contributed by atoms with Crippen molar-refractivity contribution in [1.29, 1.82) is 0 Å². The molecule has 0 aliphatic heterocycles. The second-order valence-electron chi connectivity index (χ2n) is 7.72. The van der Waals surface area contributed by atoms with Crippen LogP contribution in [-0.4, -0.2) is 55.4 Å². The van der Waals surface area contributed by atoms with Crippen molar-refractivity contribution in [3.8, 4) is 11.5 Å². The first-order chi connectivity index (χ1) is 19.2. The van der Waals surface area contributed by atoms with Crippen molar-refractivity contribution in [2.45, 2.75) is 30.9 Å². The molecule has 43 heavy (non-hydrogen) atoms. The first-order valence-corrected chi connectivity index (χ1v) is 10.5. The summed E-state index contributed by atoms with van der Waals surface area (Å²) in [6.45, 7) is -5.99. The van der Waals surface area contributed by atoms with Gasteiger partial charge in [-0.25, -0.2) is 9.59 Å². The number of carbonyl (C=O) groups is 2. The number of ether oxygens (including phenoxy) is 3. The van der Waals surface area contributed by atoms with Crippen LogP contribution in [0, 0.1) is 0 Å². The Morgan fingerprint density at radius 1 is 0.558 bits per heavy atom. The highest BCUT2D eigenvalue weighted by Crippen LogP contribution is 2.35. The molecule has 0 atom stereocenters. The Morgan fingerprint density at radius 2 is 0.907 bits per heavy atom. The molecule has 2 aromatic carbocycles. The van der Waals surface area contributed by atoms with Crippen molar-refractivity contribution in [3.05, 3.63) is 58.7 Å². The quantitative estimate of drug-likeness (QED) is 0.243. The molecule has 0 aliphatic carbocycles. The fourth-order valence-electron chi connectivity index (χ4n) is 2.53. The van der Waals surface area contributed by atoms with Crippen LogP contribution in [0.15, 0.2) is 36.4 Å². The van der Waals surface area contributed by atoms with Crippen LogP contribution in [0.1, 0.15) is 31.8 Å². The van der Waals surface area contributed by atoms with Gasteiger partial charge in [-0.3, -0.25) is 0 Å². The maximum Gasteiger partial charge on any atom is 0.422 e. The minimum absolute atomic E-state index is 0.0654. The second-order valence-corrected chi connectivity index (χ2v) is 7.72. The summed E-state index contributed by atoms with van der Waals surface area (Å²) in [5.74, 6) is -5.65. The Kier molecular flexibility index (Phi) is 11.6. The fourth-order valence-corrected chi connectivity index (χ4v) is 2.53. The average molecular weight is 658 g/mol. The van der Waals surface area contributed by atoms with E-state index in [9.17, 15) is 75.4 Å². The standard InChI is InChI=1S/C12H7F9O3.C10H6F6O3/c13-10(14,15)4-23-8-3-6(12(19,20)21)1-2-7(8)9(22)24-5-11(16,17)18;11-9(12,13)4-19-7-3-5(10(14,15)16)1-2-6(7)8(17)18/h1-3H,4-5H2;1-3H,4H2,(H,17,18). The lowest BCUT2D eigenvalue weighted by Gasteiger charge is -2.15. The molecule has 0 radical (unpaired) electrons. The van der Waals surface area contributed by atoms with Crippen molar-refractivity contribution in [2.24, 2.45) is 0 Å². The molecule has 21 heteroatoms. The van der Waals surface area contributed by atoms with Crippen LogP contribution in [0.25, 0.3) is 0 Å². The van der Waals surface area contributed by atoms with Crippen molar-refractivity contribution in [2.75, 3.05) is 19.8 Å². The third-order valence-corrected chi connectivity index (χ3v) is 4.22. The van der Waals surface area contributed by atoms with Gasteiger partial charge in [-0.2, -0.15) is 65.9 Å². The van der Waals surface area contributed by atoms with E-state index in [1.165, 1.54) is 0 Å². The first-order valence-electron chi connectivity index (χ1n) is 10.5. The van der Waals surface area contributed by atoms with Crippen molar-refractivity contribution < 1.29 is 94.8 Å². The predicted octanol–water partition coefficient (Wildman–Crippen LogP) is 7.71. The molecule has 242 valence electrons. The Bertz CT molecular complexity index is 1260. The highest BCUT2D eigenvalue weighted by Gasteiger charge is 2.36. The number of alkyl halides is 15. The minimum atomic E-state index is -4.97. The molecule has 0 bridgehead atoms. The Morgan fingerprint density at radius 3 is 1.23 bits per heavy atom. The highest BCUT2D eigenvalue weighted by molar-refractivity contribution is 5.92. The zero-order chi connectivity index (χ0) is 33.6. The van der Waals surface area contributed by atoms with Crippen LogP contribution in [-0.2, 0) is 17.1 Å². The van der Waals surface area contributed by atoms with Crippen molar-refractivity contribution in [3.63, 3.8) is 0 Å². The van der Waals surface area contributed by atoms with Gasteiger partial charge in [-0.05, 0) is 36.4 Å². The Labute approximate surface area is 228 Å². The van der Waals surface area contributed by atoms with Gasteiger partial charge in [0, 0.05) is 0 Å². The number of hydrogen-bond donors (Lipinski definition) is 1. The smallest absolute Gasteiger partial charge is 0.422 e. The fraction of sp³-hybridized carbons (Fsp3) is 0.364. The highest BCUT2D eigenvalue weighted by atomic mass is 19.4. The van der Waals surface area contributed by atoms with E-state index >= 15 is 0 Å². The summed E-state index contributed by atoms with van der Waals surface area (Å²) in [6, 6.07) is 1.93. The molecule has 1 N–H and O–H groups in total. The van der Waals surface area contributed by atoms with Crippen LogP contribution in [0.4, 0.5) is 65.9 Å². The lowest BCUT2D eigenvalue weighted by Crippen LogP contribution is -2.23. The van der Waals surface area contributed by atoms with Gasteiger partial charge < -0.3 is 19.3 Å². The number of benzene rings is 2. The van der Waals surface area contributed by atoms with E-state index in [-0.39, 0.29) is 12.1 Å². The van der Waals surface area contributed by atoms with E-state index in [0.717, 1.165) is 0 Å². The average Bonchev–Trinajstić information content (AvgIpc) is 2.82. The van der Waals surface area contributed by atoms with Gasteiger partial charge >= 0.3 is 42.8 Å². The summed E-state index contributed by atoms with van der Waals surface area (Å²) in [4.78, 5) is 22.1. The van der Waals surface area contributed by atoms with Gasteiger partial charge in [0.1, 0.15) is 22.6 Å². The van der Waals surface area contributed by atoms with E-state index < -0.39 is 96.4 Å². The number of hydrogen-bond acceptors (Lipinski definition) is 5. The third-order valence-electron chi connectivity index (χ3n) is 4.22. The molecule has 0 saturated heterocycles. The SMILES string of the molecule is O=C(O)c1ccc(C(F)(F)F)cc1OCC(F)(F)F.O=C(OCC(F)(F)F)c1ccc(C(F)(F)F)cc1OCC(F)(F)F. The second kappa shape index (κ2) is 13.5. The minimum Gasteiger partial charge on any atom is -0.483 e. The summed E-state index contributed by atoms with van der Waals surface area (Å²) in [7, 11) is 0. The maximum absolute atomic E-state index is 12.5. The van der Waals surface area contributed by atoms with Crippen molar-refractivity contribution >= 4 is 11.9 Å². The maximum atomic E-state index is 12.5. The zero-order valence-electron chi connectivity index (χ0n) is 20.2. The van der Waals surface area contributed by atoms with Crippen LogP contribution < -0.4 is 9.47 Å². The van der Waals surface area contributed by atoms with Gasteiger partial charge in [0.05, 0.1) is 11.1 Å². The number of carbonyl (C=O) groups excluding carboxylic acids is 1. The number of carboxylic acids is 1. The van der Waals surface area contributed by atoms with Crippen LogP contribution in [0.5, 0.6) is 11.5 Å². The largest absolute Gasteiger partial charge is 0.483 e. The zero-order valence-corrected chi connectivity index (χ0v) is 20.2. The van der Waals surface area contributed by atoms with Crippen LogP contribution in [0.2, 0.25) is 0 Å². The summed E-state index contributed by atoms with van der Waals surface area (Å²) >= 11 is 0. The molecule has 2 aromatic rings. The summed E-state index contributed by atoms with van der Waals surface area (Å²) in [5.41, 5.74) is -4.53. The van der Waals surface area contributed by atoms with Crippen molar-refractivity contribution in [1.82, 2.24) is 0 Å². The normalized spacial score (nSPS) is 12.6. The van der Waals surface area contributed by atoms with Crippen LogP contribution >= 0.6 is 0 Å². The summed E-state index contributed by atoms with van der Waals surface area (Å²) in [5, 5.41) is 8.65. The van der Waals surface area contributed by atoms with Crippen LogP contribution in [0.3, 0.4) is 0 Å². The van der Waals surface area contributed by atoms with Gasteiger partial charge in [-0.1, -0.05) is 0 Å². The summed E-state index contributed by atoms with van der Waals surface area (Å²) in [6.07, 6.45) is -24.4. The van der Waals surface area contributed by atoms with E-state index in [4.69, 9.17) is 5.11 Å². The van der Waals surface area contributed by atoms with Gasteiger partial charge in [0.25, 0.3) is 0 Å². The number of carboxylic acid groups (broad SMARTS) is 1. The summed E-state index contributed by atoms with van der Waals surface area (Å²) < 4.78 is 195. The van der Waals surface area contributed by atoms with Gasteiger partial charge in [-0.15, -0.1) is 0 Å². The molecule has 2 rings (SSSR count). The molecule has 6 nitrogen and oxygen atoms in total. The van der Waals surface area contributed by atoms with E-state index in [1.807, 2.05) is 0 Å². The monoisotopic (exact) mass is 658 g/mol. The van der Waals surface area contributed by atoms with Gasteiger partial charge in [0.15, 0.2) is 19.8 Å². The lowest BCUT2D eigenvalue weighted by atomic mass is 10.1. The number of rotatable bonds is 7. The molecule has 0 fully saturated rings. The first kappa shape index (κ1) is 37.0. The Hall–Kier alpha value is -4.07. The van der Waals surface area contributed by atoms with E-state index in [1.54, 1.807) is 0 Å². The lowest BCUT2D eigenvalue weighted by molar-refractivity contribution is -0.161. The molecule has 0 spiro atoms. The third kappa shape index (κ3) is 13.6. The van der Waals surface area contributed by atoms with E-state index in [2.05, 4.69) is 14.2 Å². The molecule has 0 heterocycles. The molecular weight excluding hydrogens is 645 g/mol. The molecule has 0 amide bonds. The molecule has 0 aromatic heterocycles. The van der Waals surface area contributed by atoms with E-state index in [0.29, 0.717) is 24.3 Å². The van der Waals surface area contributed by atoms with Gasteiger partial charge in [0.2, 0.25) is 0 Å². The molecular formula is C22H13F15O6. The number of halogens is 15. The predicted molar refractivity (Wildman–Crippen MR) is 109 cm³/mol. The topological polar surface area (TPSA) is 82.1 Å². The number of esters is 1. The Balaban J connectivity index is 0.000000442. The number of aromatic carboxylic acids is 1. The molecule has 0 aliphatic rings. The molecule has 0 unspecified atom stereocenters. The molecule has 0 saturated carbocycles.